The quantitative estimate of drug-likeness (QED) is 0.793. The van der Waals surface area contributed by atoms with Crippen LogP contribution >= 0.6 is 11.3 Å². The average Bonchev–Trinajstić information content (AvgIpc) is 2.78. The summed E-state index contributed by atoms with van der Waals surface area (Å²) in [6, 6.07) is 1.38. The van der Waals surface area contributed by atoms with Crippen LogP contribution in [0.15, 0.2) is 18.5 Å². The number of rotatable bonds is 4. The van der Waals surface area contributed by atoms with E-state index in [2.05, 4.69) is 15.3 Å². The molecule has 0 aliphatic carbocycles. The van der Waals surface area contributed by atoms with E-state index in [-0.39, 0.29) is 17.3 Å². The molecule has 0 aromatic carbocycles. The highest BCUT2D eigenvalue weighted by Gasteiger charge is 2.13. The van der Waals surface area contributed by atoms with Crippen molar-refractivity contribution in [2.24, 2.45) is 0 Å². The number of nitrogens with one attached hydrogen (secondary N) is 1. The first-order chi connectivity index (χ1) is 8.97. The van der Waals surface area contributed by atoms with Gasteiger partial charge in [-0.3, -0.25) is 0 Å². The number of aryl methyl sites for hydroxylation is 1. The molecule has 2 heterocycles. The minimum absolute atomic E-state index is 0.0417. The van der Waals surface area contributed by atoms with E-state index in [1.807, 2.05) is 13.8 Å². The van der Waals surface area contributed by atoms with Gasteiger partial charge in [0.2, 0.25) is 0 Å². The number of carboxylic acid groups (broad SMARTS) is 1. The Kier molecular flexibility index (Phi) is 3.66. The summed E-state index contributed by atoms with van der Waals surface area (Å²) in [5.74, 6) is -0.604. The zero-order chi connectivity index (χ0) is 14.0. The third-order valence-electron chi connectivity index (χ3n) is 2.54. The van der Waals surface area contributed by atoms with Crippen molar-refractivity contribution in [1.82, 2.24) is 9.97 Å². The summed E-state index contributed by atoms with van der Waals surface area (Å²) in [5.41, 5.74) is 5.74. The van der Waals surface area contributed by atoms with E-state index >= 15 is 0 Å². The summed E-state index contributed by atoms with van der Waals surface area (Å²) in [6.45, 7) is 3.93. The summed E-state index contributed by atoms with van der Waals surface area (Å²) in [7, 11) is 0. The number of hydrogen-bond donors (Lipinski definition) is 3. The number of hydrogen-bond acceptors (Lipinski definition) is 6. The maximum absolute atomic E-state index is 11.0. The fourth-order valence-corrected chi connectivity index (χ4v) is 2.36. The number of pyridine rings is 1. The minimum Gasteiger partial charge on any atom is -0.478 e. The van der Waals surface area contributed by atoms with E-state index in [9.17, 15) is 4.79 Å². The predicted octanol–water partition coefficient (Wildman–Crippen LogP) is 2.30. The molecule has 0 bridgehead atoms. The highest BCUT2D eigenvalue weighted by atomic mass is 32.1. The maximum Gasteiger partial charge on any atom is 0.337 e. The number of aromatic carboxylic acids is 1. The molecular weight excluding hydrogens is 264 g/mol. The van der Waals surface area contributed by atoms with Crippen molar-refractivity contribution in [3.63, 3.8) is 0 Å². The van der Waals surface area contributed by atoms with E-state index in [4.69, 9.17) is 10.8 Å². The molecule has 1 unspecified atom stereocenters. The van der Waals surface area contributed by atoms with Crippen molar-refractivity contribution < 1.29 is 9.90 Å². The number of nitrogens with two attached hydrogens (primary N) is 1. The SMILES string of the molecule is Cc1cnc(C(C)Nc2cc(C(=O)O)c(N)cn2)s1. The molecule has 1 atom stereocenters. The van der Waals surface area contributed by atoms with E-state index < -0.39 is 5.97 Å². The van der Waals surface area contributed by atoms with Gasteiger partial charge in [-0.05, 0) is 19.9 Å². The van der Waals surface area contributed by atoms with Crippen molar-refractivity contribution in [3.05, 3.63) is 33.9 Å². The van der Waals surface area contributed by atoms with Gasteiger partial charge in [0.05, 0.1) is 23.5 Å². The predicted molar refractivity (Wildman–Crippen MR) is 74.5 cm³/mol. The summed E-state index contributed by atoms with van der Waals surface area (Å²) < 4.78 is 0. The molecule has 0 saturated carbocycles. The minimum atomic E-state index is -1.07. The van der Waals surface area contributed by atoms with Gasteiger partial charge >= 0.3 is 5.97 Å². The second-order valence-electron chi connectivity index (χ2n) is 4.14. The van der Waals surface area contributed by atoms with Crippen LogP contribution < -0.4 is 11.1 Å². The monoisotopic (exact) mass is 278 g/mol. The van der Waals surface area contributed by atoms with Gasteiger partial charge in [0.1, 0.15) is 10.8 Å². The van der Waals surface area contributed by atoms with Crippen LogP contribution in [0.4, 0.5) is 11.5 Å². The number of thiazole rings is 1. The second-order valence-corrected chi connectivity index (χ2v) is 5.40. The molecule has 2 rings (SSSR count). The smallest absolute Gasteiger partial charge is 0.337 e. The second kappa shape index (κ2) is 5.23. The average molecular weight is 278 g/mol. The van der Waals surface area contributed by atoms with Gasteiger partial charge in [-0.2, -0.15) is 0 Å². The third kappa shape index (κ3) is 3.00. The Bertz CT molecular complexity index is 612. The van der Waals surface area contributed by atoms with Crippen LogP contribution in [0.1, 0.15) is 33.2 Å². The Labute approximate surface area is 114 Å². The molecule has 2 aromatic rings. The summed E-state index contributed by atoms with van der Waals surface area (Å²) in [4.78, 5) is 20.5. The first-order valence-corrected chi connectivity index (χ1v) is 6.46. The van der Waals surface area contributed by atoms with Crippen LogP contribution in [-0.4, -0.2) is 21.0 Å². The van der Waals surface area contributed by atoms with Gasteiger partial charge in [0, 0.05) is 11.1 Å². The molecule has 0 saturated heterocycles. The lowest BCUT2D eigenvalue weighted by molar-refractivity contribution is 0.0698. The zero-order valence-corrected chi connectivity index (χ0v) is 11.4. The zero-order valence-electron chi connectivity index (χ0n) is 10.5. The molecule has 0 fully saturated rings. The van der Waals surface area contributed by atoms with Crippen molar-refractivity contribution in [3.8, 4) is 0 Å². The molecule has 2 aromatic heterocycles. The van der Waals surface area contributed by atoms with Gasteiger partial charge in [-0.15, -0.1) is 11.3 Å². The number of nitrogens with zero attached hydrogens (tertiary/aromatic N) is 2. The van der Waals surface area contributed by atoms with Crippen LogP contribution in [0.3, 0.4) is 0 Å². The van der Waals surface area contributed by atoms with E-state index in [1.165, 1.54) is 12.3 Å². The molecule has 100 valence electrons. The normalized spacial score (nSPS) is 12.1. The van der Waals surface area contributed by atoms with E-state index in [0.717, 1.165) is 9.88 Å². The topological polar surface area (TPSA) is 101 Å². The Morgan fingerprint density at radius 3 is 2.79 bits per heavy atom. The fourth-order valence-electron chi connectivity index (χ4n) is 1.59. The van der Waals surface area contributed by atoms with Gasteiger partial charge in [-0.1, -0.05) is 0 Å². The molecule has 0 amide bonds. The Hall–Kier alpha value is -2.15. The van der Waals surface area contributed by atoms with Gasteiger partial charge in [-0.25, -0.2) is 14.8 Å². The Balaban J connectivity index is 2.19. The van der Waals surface area contributed by atoms with E-state index in [0.29, 0.717) is 5.82 Å². The largest absolute Gasteiger partial charge is 0.478 e. The number of carboxylic acids is 1. The highest BCUT2D eigenvalue weighted by Crippen LogP contribution is 2.23. The standard InChI is InChI=1S/C12H14N4O2S/c1-6-4-15-11(19-6)7(2)16-10-3-8(12(17)18)9(13)5-14-10/h3-5,7H,13H2,1-2H3,(H,14,16)(H,17,18). The van der Waals surface area contributed by atoms with E-state index in [1.54, 1.807) is 17.5 Å². The van der Waals surface area contributed by atoms with Crippen molar-refractivity contribution in [2.45, 2.75) is 19.9 Å². The first kappa shape index (κ1) is 13.3. The molecule has 0 spiro atoms. The summed E-state index contributed by atoms with van der Waals surface area (Å²) in [6.07, 6.45) is 3.14. The maximum atomic E-state index is 11.0. The van der Waals surface area contributed by atoms with Crippen LogP contribution in [0.2, 0.25) is 0 Å². The molecule has 19 heavy (non-hydrogen) atoms. The molecule has 7 heteroatoms. The highest BCUT2D eigenvalue weighted by molar-refractivity contribution is 7.11. The third-order valence-corrected chi connectivity index (χ3v) is 3.63. The van der Waals surface area contributed by atoms with Crippen molar-refractivity contribution >= 4 is 28.8 Å². The summed E-state index contributed by atoms with van der Waals surface area (Å²) >= 11 is 1.59. The molecule has 6 nitrogen and oxygen atoms in total. The fraction of sp³-hybridized carbons (Fsp3) is 0.250. The lowest BCUT2D eigenvalue weighted by Crippen LogP contribution is -2.10. The molecule has 0 aliphatic rings. The van der Waals surface area contributed by atoms with Crippen molar-refractivity contribution in [2.75, 3.05) is 11.1 Å². The number of aromatic nitrogens is 2. The number of nitrogen functional groups attached to an aromatic ring is 1. The number of anilines is 2. The lowest BCUT2D eigenvalue weighted by Gasteiger charge is -2.12. The van der Waals surface area contributed by atoms with Gasteiger partial charge < -0.3 is 16.2 Å². The van der Waals surface area contributed by atoms with Crippen molar-refractivity contribution in [1.29, 1.82) is 0 Å². The molecule has 0 radical (unpaired) electrons. The van der Waals surface area contributed by atoms with Crippen LogP contribution in [-0.2, 0) is 0 Å². The Morgan fingerprint density at radius 2 is 2.21 bits per heavy atom. The summed E-state index contributed by atoms with van der Waals surface area (Å²) in [5, 5.41) is 13.0. The van der Waals surface area contributed by atoms with Crippen LogP contribution in [0, 0.1) is 6.92 Å². The number of carbonyl (C=O) groups is 1. The molecule has 0 aliphatic heterocycles. The van der Waals surface area contributed by atoms with Crippen LogP contribution in [0.25, 0.3) is 0 Å². The van der Waals surface area contributed by atoms with Gasteiger partial charge in [0.15, 0.2) is 0 Å². The molecule has 4 N–H and O–H groups in total. The Morgan fingerprint density at radius 1 is 1.47 bits per heavy atom. The van der Waals surface area contributed by atoms with Crippen LogP contribution in [0.5, 0.6) is 0 Å². The van der Waals surface area contributed by atoms with Gasteiger partial charge in [0.25, 0.3) is 0 Å². The first-order valence-electron chi connectivity index (χ1n) is 5.65. The molecular formula is C12H14N4O2S. The lowest BCUT2D eigenvalue weighted by atomic mass is 10.2.